The number of ether oxygens (including phenoxy) is 1. The first-order valence-corrected chi connectivity index (χ1v) is 10.6. The third-order valence-corrected chi connectivity index (χ3v) is 5.35. The number of nitrogens with zero attached hydrogens (tertiary/aromatic N) is 2. The molecule has 6 heteroatoms. The summed E-state index contributed by atoms with van der Waals surface area (Å²) in [4.78, 5) is 38.0. The Balaban J connectivity index is 1.81. The molecule has 0 unspecified atom stereocenters. The molecule has 0 aliphatic heterocycles. The summed E-state index contributed by atoms with van der Waals surface area (Å²) in [6.07, 6.45) is 1.02. The van der Waals surface area contributed by atoms with Crippen LogP contribution in [0.25, 0.3) is 10.8 Å². The molecule has 0 bridgehead atoms. The minimum Gasteiger partial charge on any atom is -0.452 e. The number of Topliss-reactive ketones (excluding diaryl/α,β-unsaturated/α-hetero) is 1. The van der Waals surface area contributed by atoms with Crippen LogP contribution >= 0.6 is 0 Å². The summed E-state index contributed by atoms with van der Waals surface area (Å²) in [5.74, 6) is -0.416. The van der Waals surface area contributed by atoms with Crippen molar-refractivity contribution >= 4 is 22.5 Å². The van der Waals surface area contributed by atoms with Gasteiger partial charge in [0.1, 0.15) is 0 Å². The van der Waals surface area contributed by atoms with Crippen molar-refractivity contribution in [2.24, 2.45) is 5.92 Å². The van der Waals surface area contributed by atoms with Gasteiger partial charge in [-0.05, 0) is 29.9 Å². The predicted molar refractivity (Wildman–Crippen MR) is 121 cm³/mol. The highest BCUT2D eigenvalue weighted by Crippen LogP contribution is 2.19. The Hall–Kier alpha value is -3.28. The average Bonchev–Trinajstić information content (AvgIpc) is 2.78. The van der Waals surface area contributed by atoms with Crippen molar-refractivity contribution in [1.29, 1.82) is 0 Å². The molecule has 0 spiro atoms. The topological polar surface area (TPSA) is 78.3 Å². The molecular weight excluding hydrogens is 392 g/mol. The van der Waals surface area contributed by atoms with Crippen molar-refractivity contribution in [2.45, 2.75) is 46.6 Å². The SMILES string of the molecule is CC[C@H](C)c1ccc(C(=O)COC(=O)c2nn(CC(C)C)c(=O)c3ccccc23)cc1. The fourth-order valence-electron chi connectivity index (χ4n) is 3.37. The van der Waals surface area contributed by atoms with Crippen LogP contribution in [-0.2, 0) is 11.3 Å². The largest absolute Gasteiger partial charge is 0.452 e. The monoisotopic (exact) mass is 420 g/mol. The number of fused-ring (bicyclic) bond motifs is 1. The molecule has 162 valence electrons. The van der Waals surface area contributed by atoms with E-state index in [4.69, 9.17) is 4.74 Å². The summed E-state index contributed by atoms with van der Waals surface area (Å²) in [6.45, 7) is 8.17. The van der Waals surface area contributed by atoms with E-state index < -0.39 is 5.97 Å². The molecule has 0 aliphatic rings. The fraction of sp³-hybridized carbons (Fsp3) is 0.360. The van der Waals surface area contributed by atoms with Crippen molar-refractivity contribution in [3.8, 4) is 0 Å². The van der Waals surface area contributed by atoms with E-state index >= 15 is 0 Å². The highest BCUT2D eigenvalue weighted by Gasteiger charge is 2.20. The molecule has 0 radical (unpaired) electrons. The lowest BCUT2D eigenvalue weighted by atomic mass is 9.97. The average molecular weight is 421 g/mol. The van der Waals surface area contributed by atoms with Crippen molar-refractivity contribution in [2.75, 3.05) is 6.61 Å². The van der Waals surface area contributed by atoms with E-state index in [-0.39, 0.29) is 29.6 Å². The summed E-state index contributed by atoms with van der Waals surface area (Å²) in [7, 11) is 0. The molecule has 0 N–H and O–H groups in total. The van der Waals surface area contributed by atoms with Gasteiger partial charge in [-0.2, -0.15) is 5.10 Å². The smallest absolute Gasteiger partial charge is 0.359 e. The van der Waals surface area contributed by atoms with Gasteiger partial charge in [-0.3, -0.25) is 9.59 Å². The molecule has 0 saturated heterocycles. The van der Waals surface area contributed by atoms with Gasteiger partial charge in [0.25, 0.3) is 5.56 Å². The Morgan fingerprint density at radius 1 is 1.00 bits per heavy atom. The van der Waals surface area contributed by atoms with Crippen molar-refractivity contribution in [3.63, 3.8) is 0 Å². The Bertz CT molecular complexity index is 1150. The van der Waals surface area contributed by atoms with E-state index in [1.807, 2.05) is 26.0 Å². The number of hydrogen-bond donors (Lipinski definition) is 0. The van der Waals surface area contributed by atoms with E-state index in [1.54, 1.807) is 36.4 Å². The Morgan fingerprint density at radius 2 is 1.65 bits per heavy atom. The van der Waals surface area contributed by atoms with Gasteiger partial charge < -0.3 is 4.74 Å². The van der Waals surface area contributed by atoms with Gasteiger partial charge in [0, 0.05) is 17.5 Å². The van der Waals surface area contributed by atoms with E-state index in [2.05, 4.69) is 18.9 Å². The second kappa shape index (κ2) is 9.69. The number of aromatic nitrogens is 2. The molecule has 0 fully saturated rings. The highest BCUT2D eigenvalue weighted by molar-refractivity contribution is 6.04. The zero-order valence-electron chi connectivity index (χ0n) is 18.4. The summed E-state index contributed by atoms with van der Waals surface area (Å²) in [6, 6.07) is 14.2. The van der Waals surface area contributed by atoms with Crippen molar-refractivity contribution in [3.05, 3.63) is 75.7 Å². The van der Waals surface area contributed by atoms with Crippen LogP contribution in [0.5, 0.6) is 0 Å². The van der Waals surface area contributed by atoms with Crippen LogP contribution in [0.3, 0.4) is 0 Å². The summed E-state index contributed by atoms with van der Waals surface area (Å²) >= 11 is 0. The lowest BCUT2D eigenvalue weighted by Gasteiger charge is -2.12. The van der Waals surface area contributed by atoms with Crippen LogP contribution in [0.15, 0.2) is 53.3 Å². The normalized spacial score (nSPS) is 12.2. The van der Waals surface area contributed by atoms with Crippen LogP contribution in [-0.4, -0.2) is 28.1 Å². The number of rotatable bonds is 8. The maximum atomic E-state index is 12.8. The molecule has 31 heavy (non-hydrogen) atoms. The third-order valence-electron chi connectivity index (χ3n) is 5.35. The number of ketones is 1. The molecule has 1 heterocycles. The van der Waals surface area contributed by atoms with Gasteiger partial charge in [-0.1, -0.05) is 70.2 Å². The van der Waals surface area contributed by atoms with Crippen LogP contribution in [0.1, 0.15) is 66.4 Å². The van der Waals surface area contributed by atoms with Gasteiger partial charge in [0.2, 0.25) is 0 Å². The van der Waals surface area contributed by atoms with Crippen molar-refractivity contribution in [1.82, 2.24) is 9.78 Å². The molecule has 0 saturated carbocycles. The molecule has 3 rings (SSSR count). The van der Waals surface area contributed by atoms with E-state index in [9.17, 15) is 14.4 Å². The first kappa shape index (κ1) is 22.4. The van der Waals surface area contributed by atoms with Crippen molar-refractivity contribution < 1.29 is 14.3 Å². The molecule has 1 aromatic heterocycles. The van der Waals surface area contributed by atoms with Gasteiger partial charge in [0.15, 0.2) is 18.1 Å². The molecule has 6 nitrogen and oxygen atoms in total. The molecule has 1 atom stereocenters. The number of hydrogen-bond acceptors (Lipinski definition) is 5. The van der Waals surface area contributed by atoms with Crippen LogP contribution < -0.4 is 5.56 Å². The summed E-state index contributed by atoms with van der Waals surface area (Å²) in [5.41, 5.74) is 1.44. The standard InChI is InChI=1S/C25H28N2O4/c1-5-17(4)18-10-12-19(13-11-18)22(28)15-31-25(30)23-20-8-6-7-9-21(20)24(29)27(26-23)14-16(2)3/h6-13,16-17H,5,14-15H2,1-4H3/t17-/m0/s1. The summed E-state index contributed by atoms with van der Waals surface area (Å²) in [5, 5.41) is 5.07. The second-order valence-corrected chi connectivity index (χ2v) is 8.21. The van der Waals surface area contributed by atoms with E-state index in [1.165, 1.54) is 10.2 Å². The number of benzene rings is 2. The Morgan fingerprint density at radius 3 is 2.26 bits per heavy atom. The third kappa shape index (κ3) is 5.08. The van der Waals surface area contributed by atoms with E-state index in [0.29, 0.717) is 28.8 Å². The van der Waals surface area contributed by atoms with Gasteiger partial charge in [-0.15, -0.1) is 0 Å². The molecule has 2 aromatic carbocycles. The minimum absolute atomic E-state index is 0.0377. The van der Waals surface area contributed by atoms with Crippen LogP contribution in [0, 0.1) is 5.92 Å². The number of esters is 1. The quantitative estimate of drug-likeness (QED) is 0.393. The van der Waals surface area contributed by atoms with E-state index in [0.717, 1.165) is 6.42 Å². The Kier molecular flexibility index (Phi) is 7.00. The number of carbonyl (C=O) groups is 2. The Labute approximate surface area is 181 Å². The first-order chi connectivity index (χ1) is 14.8. The predicted octanol–water partition coefficient (Wildman–Crippen LogP) is 4.61. The van der Waals surface area contributed by atoms with Crippen LogP contribution in [0.2, 0.25) is 0 Å². The molecule has 0 amide bonds. The van der Waals surface area contributed by atoms with Gasteiger partial charge in [-0.25, -0.2) is 9.48 Å². The minimum atomic E-state index is -0.724. The molecule has 3 aromatic rings. The highest BCUT2D eigenvalue weighted by atomic mass is 16.5. The van der Waals surface area contributed by atoms with Gasteiger partial charge in [0.05, 0.1) is 5.39 Å². The molecular formula is C25H28N2O4. The number of carbonyl (C=O) groups excluding carboxylic acids is 2. The zero-order chi connectivity index (χ0) is 22.5. The maximum absolute atomic E-state index is 12.8. The maximum Gasteiger partial charge on any atom is 0.359 e. The first-order valence-electron chi connectivity index (χ1n) is 10.6. The summed E-state index contributed by atoms with van der Waals surface area (Å²) < 4.78 is 6.58. The van der Waals surface area contributed by atoms with Crippen LogP contribution in [0.4, 0.5) is 0 Å². The lowest BCUT2D eigenvalue weighted by molar-refractivity contribution is 0.0468. The fourth-order valence-corrected chi connectivity index (χ4v) is 3.37. The zero-order valence-corrected chi connectivity index (χ0v) is 18.4. The lowest BCUT2D eigenvalue weighted by Crippen LogP contribution is -2.28. The molecule has 0 aliphatic carbocycles. The second-order valence-electron chi connectivity index (χ2n) is 8.21. The van der Waals surface area contributed by atoms with Gasteiger partial charge >= 0.3 is 5.97 Å².